The van der Waals surface area contributed by atoms with Gasteiger partial charge in [-0.05, 0) is 37.4 Å². The Hall–Kier alpha value is -1.09. The largest absolute Gasteiger partial charge is 0.494 e. The minimum absolute atomic E-state index is 0.243. The number of methoxy groups -OCH3 is 1. The maximum atomic E-state index is 13.5. The van der Waals surface area contributed by atoms with Gasteiger partial charge in [0.25, 0.3) is 0 Å². The molecule has 2 N–H and O–H groups in total. The fraction of sp³-hybridized carbons (Fsp3) is 0.455. The molecule has 0 radical (unpaired) electrons. The molecule has 0 saturated heterocycles. The molecule has 0 amide bonds. The molecular formula is C11H16FNO. The minimum Gasteiger partial charge on any atom is -0.494 e. The summed E-state index contributed by atoms with van der Waals surface area (Å²) < 4.78 is 18.4. The number of rotatable bonds is 5. The minimum atomic E-state index is -0.243. The second-order valence-electron chi connectivity index (χ2n) is 3.18. The van der Waals surface area contributed by atoms with Gasteiger partial charge in [0.15, 0.2) is 11.6 Å². The summed E-state index contributed by atoms with van der Waals surface area (Å²) in [5.74, 6) is 0.0715. The van der Waals surface area contributed by atoms with E-state index in [2.05, 4.69) is 0 Å². The average molecular weight is 197 g/mol. The van der Waals surface area contributed by atoms with Crippen molar-refractivity contribution in [3.63, 3.8) is 0 Å². The molecule has 2 nitrogen and oxygen atoms in total. The molecule has 1 aromatic carbocycles. The Kier molecular flexibility index (Phi) is 4.40. The first-order valence-electron chi connectivity index (χ1n) is 4.81. The van der Waals surface area contributed by atoms with Crippen LogP contribution in [0.3, 0.4) is 0 Å². The zero-order valence-corrected chi connectivity index (χ0v) is 8.42. The molecule has 0 aliphatic carbocycles. The van der Waals surface area contributed by atoms with E-state index in [1.165, 1.54) is 7.11 Å². The second-order valence-corrected chi connectivity index (χ2v) is 3.18. The van der Waals surface area contributed by atoms with E-state index in [0.717, 1.165) is 19.3 Å². The highest BCUT2D eigenvalue weighted by atomic mass is 19.1. The Morgan fingerprint density at radius 1 is 1.36 bits per heavy atom. The van der Waals surface area contributed by atoms with Crippen molar-refractivity contribution >= 4 is 0 Å². The van der Waals surface area contributed by atoms with Gasteiger partial charge >= 0.3 is 0 Å². The molecule has 0 aliphatic heterocycles. The highest BCUT2D eigenvalue weighted by Crippen LogP contribution is 2.21. The van der Waals surface area contributed by atoms with Crippen LogP contribution in [-0.4, -0.2) is 13.7 Å². The van der Waals surface area contributed by atoms with Crippen molar-refractivity contribution in [3.05, 3.63) is 29.6 Å². The van der Waals surface area contributed by atoms with Gasteiger partial charge in [-0.3, -0.25) is 0 Å². The van der Waals surface area contributed by atoms with Crippen molar-refractivity contribution in [2.75, 3.05) is 13.7 Å². The van der Waals surface area contributed by atoms with E-state index in [4.69, 9.17) is 10.5 Å². The van der Waals surface area contributed by atoms with Crippen LogP contribution in [0.25, 0.3) is 0 Å². The molecule has 0 heterocycles. The lowest BCUT2D eigenvalue weighted by Crippen LogP contribution is -2.00. The van der Waals surface area contributed by atoms with Gasteiger partial charge in [0.1, 0.15) is 0 Å². The number of ether oxygens (including phenoxy) is 1. The van der Waals surface area contributed by atoms with Crippen LogP contribution in [0.2, 0.25) is 0 Å². The van der Waals surface area contributed by atoms with E-state index in [9.17, 15) is 4.39 Å². The van der Waals surface area contributed by atoms with E-state index in [1.807, 2.05) is 0 Å². The third-order valence-corrected chi connectivity index (χ3v) is 2.16. The molecule has 0 bridgehead atoms. The quantitative estimate of drug-likeness (QED) is 0.734. The lowest BCUT2D eigenvalue weighted by molar-refractivity contribution is 0.384. The van der Waals surface area contributed by atoms with Gasteiger partial charge in [0, 0.05) is 0 Å². The van der Waals surface area contributed by atoms with Crippen LogP contribution in [0.4, 0.5) is 4.39 Å². The maximum Gasteiger partial charge on any atom is 0.168 e. The van der Waals surface area contributed by atoms with E-state index in [-0.39, 0.29) is 5.82 Å². The number of benzene rings is 1. The molecule has 0 aliphatic rings. The number of aryl methyl sites for hydroxylation is 1. The smallest absolute Gasteiger partial charge is 0.168 e. The highest BCUT2D eigenvalue weighted by molar-refractivity contribution is 5.31. The fourth-order valence-electron chi connectivity index (χ4n) is 1.37. The molecule has 0 fully saturated rings. The first-order valence-corrected chi connectivity index (χ1v) is 4.81. The predicted molar refractivity (Wildman–Crippen MR) is 54.9 cm³/mol. The molecule has 3 heteroatoms. The molecule has 0 saturated carbocycles. The van der Waals surface area contributed by atoms with Gasteiger partial charge in [-0.1, -0.05) is 12.1 Å². The second kappa shape index (κ2) is 5.60. The van der Waals surface area contributed by atoms with Crippen molar-refractivity contribution in [2.24, 2.45) is 5.73 Å². The van der Waals surface area contributed by atoms with Crippen LogP contribution in [0.5, 0.6) is 5.75 Å². The molecule has 0 spiro atoms. The van der Waals surface area contributed by atoms with Crippen LogP contribution >= 0.6 is 0 Å². The Morgan fingerprint density at radius 2 is 2.14 bits per heavy atom. The first kappa shape index (κ1) is 11.0. The third kappa shape index (κ3) is 2.70. The number of halogens is 1. The first-order chi connectivity index (χ1) is 6.79. The third-order valence-electron chi connectivity index (χ3n) is 2.16. The lowest BCUT2D eigenvalue weighted by Gasteiger charge is -2.06. The molecule has 14 heavy (non-hydrogen) atoms. The summed E-state index contributed by atoms with van der Waals surface area (Å²) in [6.07, 6.45) is 2.57. The summed E-state index contributed by atoms with van der Waals surface area (Å²) in [5, 5.41) is 0. The van der Waals surface area contributed by atoms with Gasteiger partial charge in [0.2, 0.25) is 0 Å². The van der Waals surface area contributed by atoms with Gasteiger partial charge in [0.05, 0.1) is 7.11 Å². The van der Waals surface area contributed by atoms with Gasteiger partial charge in [-0.2, -0.15) is 0 Å². The van der Waals surface area contributed by atoms with Crippen molar-refractivity contribution < 1.29 is 9.13 Å². The standard InChI is InChI=1S/C11H16FNO/c1-14-10-7-4-6-9(11(10)12)5-2-3-8-13/h4,6-7H,2-3,5,8,13H2,1H3. The van der Waals surface area contributed by atoms with Crippen molar-refractivity contribution in [1.82, 2.24) is 0 Å². The van der Waals surface area contributed by atoms with Crippen molar-refractivity contribution in [2.45, 2.75) is 19.3 Å². The number of hydrogen-bond acceptors (Lipinski definition) is 2. The van der Waals surface area contributed by atoms with Gasteiger partial charge in [-0.15, -0.1) is 0 Å². The van der Waals surface area contributed by atoms with E-state index < -0.39 is 0 Å². The summed E-state index contributed by atoms with van der Waals surface area (Å²) in [4.78, 5) is 0. The molecule has 0 atom stereocenters. The number of unbranched alkanes of at least 4 members (excludes halogenated alkanes) is 1. The molecule has 1 aromatic rings. The topological polar surface area (TPSA) is 35.2 Å². The normalized spacial score (nSPS) is 10.2. The summed E-state index contributed by atoms with van der Waals surface area (Å²) in [5.41, 5.74) is 6.07. The molecular weight excluding hydrogens is 181 g/mol. The monoisotopic (exact) mass is 197 g/mol. The zero-order chi connectivity index (χ0) is 10.4. The van der Waals surface area contributed by atoms with Crippen LogP contribution in [-0.2, 0) is 6.42 Å². The average Bonchev–Trinajstić information content (AvgIpc) is 2.21. The molecule has 1 rings (SSSR count). The number of hydrogen-bond donors (Lipinski definition) is 1. The summed E-state index contributed by atoms with van der Waals surface area (Å²) in [7, 11) is 1.47. The van der Waals surface area contributed by atoms with Crippen molar-refractivity contribution in [1.29, 1.82) is 0 Å². The maximum absolute atomic E-state index is 13.5. The Morgan fingerprint density at radius 3 is 2.79 bits per heavy atom. The van der Waals surface area contributed by atoms with E-state index >= 15 is 0 Å². The van der Waals surface area contributed by atoms with Crippen LogP contribution in [0.15, 0.2) is 18.2 Å². The van der Waals surface area contributed by atoms with E-state index in [1.54, 1.807) is 18.2 Å². The Bertz CT molecular complexity index is 289. The van der Waals surface area contributed by atoms with Gasteiger partial charge in [-0.25, -0.2) is 4.39 Å². The van der Waals surface area contributed by atoms with Crippen LogP contribution in [0.1, 0.15) is 18.4 Å². The van der Waals surface area contributed by atoms with Gasteiger partial charge < -0.3 is 10.5 Å². The molecule has 0 aromatic heterocycles. The van der Waals surface area contributed by atoms with Crippen molar-refractivity contribution in [3.8, 4) is 5.75 Å². The predicted octanol–water partition coefficient (Wildman–Crippen LogP) is 2.12. The Balaban J connectivity index is 2.66. The molecule has 0 unspecified atom stereocenters. The summed E-state index contributed by atoms with van der Waals surface area (Å²) in [6, 6.07) is 5.22. The molecule has 78 valence electrons. The number of nitrogens with two attached hydrogens (primary N) is 1. The van der Waals surface area contributed by atoms with Crippen LogP contribution < -0.4 is 10.5 Å². The zero-order valence-electron chi connectivity index (χ0n) is 8.42. The summed E-state index contributed by atoms with van der Waals surface area (Å²) >= 11 is 0. The summed E-state index contributed by atoms with van der Waals surface area (Å²) in [6.45, 7) is 0.658. The van der Waals surface area contributed by atoms with Crippen LogP contribution in [0, 0.1) is 5.82 Å². The lowest BCUT2D eigenvalue weighted by atomic mass is 10.1. The SMILES string of the molecule is COc1cccc(CCCCN)c1F. The van der Waals surface area contributed by atoms with E-state index in [0.29, 0.717) is 17.9 Å². The highest BCUT2D eigenvalue weighted by Gasteiger charge is 2.06. The fourth-order valence-corrected chi connectivity index (χ4v) is 1.37. The Labute approximate surface area is 83.9 Å².